The number of aliphatic hydroxyl groups is 1. The van der Waals surface area contributed by atoms with Crippen molar-refractivity contribution in [3.8, 4) is 11.5 Å². The van der Waals surface area contributed by atoms with Crippen molar-refractivity contribution in [2.45, 2.75) is 12.6 Å². The summed E-state index contributed by atoms with van der Waals surface area (Å²) in [5.74, 6) is 0.662. The van der Waals surface area contributed by atoms with E-state index < -0.39 is 11.9 Å². The van der Waals surface area contributed by atoms with Crippen LogP contribution >= 0.6 is 0 Å². The lowest BCUT2D eigenvalue weighted by Crippen LogP contribution is -2.43. The van der Waals surface area contributed by atoms with Gasteiger partial charge >= 0.3 is 6.18 Å². The molecular formula is C20H21F3N8O. The number of nitrogens with one attached hydrogen (secondary N) is 1. The van der Waals surface area contributed by atoms with Gasteiger partial charge in [0.2, 0.25) is 0 Å². The van der Waals surface area contributed by atoms with Crippen LogP contribution < -0.4 is 10.6 Å². The summed E-state index contributed by atoms with van der Waals surface area (Å²) in [5, 5.41) is 17.3. The SMILES string of the molecule is N=CC(=CN)C1CC(CO)CN(c2ccnc(-c3cnc4cnc(C(F)(F)F)cn34)n2)C1. The topological polar surface area (TPSA) is 129 Å². The Labute approximate surface area is 181 Å². The fourth-order valence-electron chi connectivity index (χ4n) is 3.92. The molecule has 168 valence electrons. The van der Waals surface area contributed by atoms with Gasteiger partial charge in [-0.25, -0.2) is 19.9 Å². The van der Waals surface area contributed by atoms with Crippen LogP contribution in [0.15, 0.2) is 42.6 Å². The summed E-state index contributed by atoms with van der Waals surface area (Å²) in [5.41, 5.74) is 5.81. The Balaban J connectivity index is 1.70. The smallest absolute Gasteiger partial charge is 0.404 e. The van der Waals surface area contributed by atoms with Crippen LogP contribution in [0, 0.1) is 17.2 Å². The number of anilines is 1. The third-order valence-electron chi connectivity index (χ3n) is 5.51. The molecule has 0 aromatic carbocycles. The van der Waals surface area contributed by atoms with Crippen molar-refractivity contribution >= 4 is 17.7 Å². The minimum atomic E-state index is -4.59. The van der Waals surface area contributed by atoms with Crippen LogP contribution in [0.3, 0.4) is 0 Å². The molecular weight excluding hydrogens is 425 g/mol. The van der Waals surface area contributed by atoms with E-state index in [9.17, 15) is 18.3 Å². The Kier molecular flexibility index (Phi) is 5.78. The van der Waals surface area contributed by atoms with Gasteiger partial charge in [-0.1, -0.05) is 0 Å². The van der Waals surface area contributed by atoms with E-state index in [0.717, 1.165) is 12.4 Å². The Morgan fingerprint density at radius 2 is 2.06 bits per heavy atom. The zero-order chi connectivity index (χ0) is 22.9. The number of nitrogens with zero attached hydrogens (tertiary/aromatic N) is 6. The number of imidazole rings is 1. The molecule has 2 unspecified atom stereocenters. The second-order valence-electron chi connectivity index (χ2n) is 7.58. The van der Waals surface area contributed by atoms with Crippen LogP contribution in [0.2, 0.25) is 0 Å². The predicted octanol–water partition coefficient (Wildman–Crippen LogP) is 2.13. The molecule has 0 saturated carbocycles. The highest BCUT2D eigenvalue weighted by molar-refractivity contribution is 5.76. The highest BCUT2D eigenvalue weighted by Crippen LogP contribution is 2.31. The van der Waals surface area contributed by atoms with Crippen LogP contribution in [-0.4, -0.2) is 55.4 Å². The molecule has 1 aliphatic rings. The maximum Gasteiger partial charge on any atom is 0.434 e. The van der Waals surface area contributed by atoms with Crippen molar-refractivity contribution in [3.63, 3.8) is 0 Å². The molecule has 0 bridgehead atoms. The number of aromatic nitrogens is 5. The van der Waals surface area contributed by atoms with Gasteiger partial charge in [-0.15, -0.1) is 0 Å². The second-order valence-corrected chi connectivity index (χ2v) is 7.58. The molecule has 1 saturated heterocycles. The Hall–Kier alpha value is -3.54. The Morgan fingerprint density at radius 1 is 1.25 bits per heavy atom. The number of alkyl halides is 3. The van der Waals surface area contributed by atoms with Gasteiger partial charge in [0, 0.05) is 50.1 Å². The van der Waals surface area contributed by atoms with E-state index in [1.807, 2.05) is 4.90 Å². The summed E-state index contributed by atoms with van der Waals surface area (Å²) in [6.07, 6.45) is 3.54. The summed E-state index contributed by atoms with van der Waals surface area (Å²) in [4.78, 5) is 18.3. The lowest BCUT2D eigenvalue weighted by Gasteiger charge is -2.38. The summed E-state index contributed by atoms with van der Waals surface area (Å²) in [6, 6.07) is 1.70. The van der Waals surface area contributed by atoms with E-state index in [1.54, 1.807) is 6.07 Å². The van der Waals surface area contributed by atoms with Gasteiger partial charge in [-0.05, 0) is 24.3 Å². The highest BCUT2D eigenvalue weighted by atomic mass is 19.4. The summed E-state index contributed by atoms with van der Waals surface area (Å²) < 4.78 is 40.6. The molecule has 0 radical (unpaired) electrons. The largest absolute Gasteiger partial charge is 0.434 e. The van der Waals surface area contributed by atoms with Gasteiger partial charge in [0.15, 0.2) is 17.2 Å². The first-order valence-corrected chi connectivity index (χ1v) is 9.85. The third-order valence-corrected chi connectivity index (χ3v) is 5.51. The van der Waals surface area contributed by atoms with Gasteiger partial charge in [0.05, 0.1) is 12.4 Å². The fourth-order valence-corrected chi connectivity index (χ4v) is 3.92. The van der Waals surface area contributed by atoms with E-state index >= 15 is 0 Å². The average Bonchev–Trinajstić information content (AvgIpc) is 3.22. The molecule has 12 heteroatoms. The van der Waals surface area contributed by atoms with Crippen molar-refractivity contribution < 1.29 is 18.3 Å². The van der Waals surface area contributed by atoms with Gasteiger partial charge < -0.3 is 21.1 Å². The van der Waals surface area contributed by atoms with Crippen molar-refractivity contribution in [2.24, 2.45) is 17.6 Å². The molecule has 4 heterocycles. The minimum Gasteiger partial charge on any atom is -0.404 e. The molecule has 2 atom stereocenters. The normalized spacial score (nSPS) is 20.0. The zero-order valence-electron chi connectivity index (χ0n) is 16.9. The highest BCUT2D eigenvalue weighted by Gasteiger charge is 2.33. The molecule has 0 spiro atoms. The first kappa shape index (κ1) is 21.7. The Bertz CT molecular complexity index is 1160. The van der Waals surface area contributed by atoms with Crippen molar-refractivity contribution in [3.05, 3.63) is 48.3 Å². The number of hydrogen-bond acceptors (Lipinski definition) is 8. The van der Waals surface area contributed by atoms with Crippen molar-refractivity contribution in [1.82, 2.24) is 24.3 Å². The van der Waals surface area contributed by atoms with Crippen LogP contribution in [0.5, 0.6) is 0 Å². The van der Waals surface area contributed by atoms with Crippen LogP contribution in [0.25, 0.3) is 17.2 Å². The lowest BCUT2D eigenvalue weighted by atomic mass is 9.85. The van der Waals surface area contributed by atoms with Crippen molar-refractivity contribution in [2.75, 3.05) is 24.6 Å². The lowest BCUT2D eigenvalue weighted by molar-refractivity contribution is -0.141. The summed E-state index contributed by atoms with van der Waals surface area (Å²) in [6.45, 7) is 1.04. The van der Waals surface area contributed by atoms with Gasteiger partial charge in [-0.3, -0.25) is 4.40 Å². The van der Waals surface area contributed by atoms with Gasteiger partial charge in [0.25, 0.3) is 0 Å². The first-order valence-electron chi connectivity index (χ1n) is 9.85. The van der Waals surface area contributed by atoms with E-state index in [2.05, 4.69) is 19.9 Å². The molecule has 0 aliphatic carbocycles. The molecule has 1 aliphatic heterocycles. The number of piperidine rings is 1. The minimum absolute atomic E-state index is 0.0265. The Morgan fingerprint density at radius 3 is 2.75 bits per heavy atom. The van der Waals surface area contributed by atoms with E-state index in [-0.39, 0.29) is 29.9 Å². The van der Waals surface area contributed by atoms with Gasteiger partial charge in [0.1, 0.15) is 11.5 Å². The quantitative estimate of drug-likeness (QED) is 0.512. The molecule has 3 aromatic rings. The maximum absolute atomic E-state index is 13.1. The standard InChI is InChI=1S/C20H21F3N8O/c21-20(22,23)16-10-31-15(6-28-18(31)7-27-16)19-26-2-1-17(29-19)30-8-12(11-32)3-13(9-30)14(4-24)5-25/h1-2,4-7,10,12-13,24,32H,3,8-9,11,25H2. The van der Waals surface area contributed by atoms with Gasteiger partial charge in [-0.2, -0.15) is 13.2 Å². The second kappa shape index (κ2) is 8.54. The average molecular weight is 446 g/mol. The molecule has 3 aromatic heterocycles. The first-order chi connectivity index (χ1) is 15.3. The molecule has 0 amide bonds. The number of halogens is 3. The van der Waals surface area contributed by atoms with Crippen molar-refractivity contribution in [1.29, 1.82) is 5.41 Å². The number of nitrogens with two attached hydrogens (primary N) is 1. The summed E-state index contributed by atoms with van der Waals surface area (Å²) >= 11 is 0. The van der Waals surface area contributed by atoms with E-state index in [0.29, 0.717) is 36.6 Å². The van der Waals surface area contributed by atoms with Crippen LogP contribution in [-0.2, 0) is 6.18 Å². The number of aliphatic hydroxyl groups excluding tert-OH is 1. The third kappa shape index (κ3) is 4.13. The maximum atomic E-state index is 13.1. The van der Waals surface area contributed by atoms with E-state index in [4.69, 9.17) is 11.1 Å². The molecule has 4 rings (SSSR count). The van der Waals surface area contributed by atoms with Crippen LogP contribution in [0.1, 0.15) is 12.1 Å². The monoisotopic (exact) mass is 446 g/mol. The molecule has 4 N–H and O–H groups in total. The number of hydrogen-bond donors (Lipinski definition) is 3. The fraction of sp³-hybridized carbons (Fsp3) is 0.350. The number of fused-ring (bicyclic) bond motifs is 1. The molecule has 1 fully saturated rings. The summed E-state index contributed by atoms with van der Waals surface area (Å²) in [7, 11) is 0. The van der Waals surface area contributed by atoms with E-state index in [1.165, 1.54) is 29.2 Å². The molecule has 9 nitrogen and oxygen atoms in total. The number of rotatable bonds is 5. The molecule has 32 heavy (non-hydrogen) atoms. The van der Waals surface area contributed by atoms with Crippen LogP contribution in [0.4, 0.5) is 19.0 Å². The predicted molar refractivity (Wildman–Crippen MR) is 111 cm³/mol. The zero-order valence-corrected chi connectivity index (χ0v) is 16.9.